The Hall–Kier alpha value is -0.690. The van der Waals surface area contributed by atoms with Crippen molar-refractivity contribution < 1.29 is 9.90 Å². The highest BCUT2D eigenvalue weighted by Gasteiger charge is 2.19. The SMILES string of the molecule is CC(C=CC(=O)O)C(Sc1cccc(Br)c1)Sc1cccc(Br)c1. The largest absolute Gasteiger partial charge is 0.478 e. The van der Waals surface area contributed by atoms with E-state index in [9.17, 15) is 4.79 Å². The van der Waals surface area contributed by atoms with Crippen LogP contribution in [0.4, 0.5) is 0 Å². The molecule has 0 amide bonds. The first-order valence-corrected chi connectivity index (χ1v) is 10.5. The summed E-state index contributed by atoms with van der Waals surface area (Å²) in [5.41, 5.74) is 0. The molecule has 0 spiro atoms. The number of halogens is 2. The van der Waals surface area contributed by atoms with Gasteiger partial charge in [-0.25, -0.2) is 4.79 Å². The predicted octanol–water partition coefficient (Wildman–Crippen LogP) is 6.70. The topological polar surface area (TPSA) is 37.3 Å². The van der Waals surface area contributed by atoms with E-state index in [1.165, 1.54) is 6.08 Å². The number of thioether (sulfide) groups is 2. The van der Waals surface area contributed by atoms with Gasteiger partial charge >= 0.3 is 5.97 Å². The lowest BCUT2D eigenvalue weighted by Gasteiger charge is -2.21. The maximum absolute atomic E-state index is 10.8. The molecule has 0 saturated heterocycles. The molecule has 0 fully saturated rings. The number of aliphatic carboxylic acids is 1. The van der Waals surface area contributed by atoms with Crippen LogP contribution in [0, 0.1) is 5.92 Å². The Balaban J connectivity index is 2.21. The lowest BCUT2D eigenvalue weighted by Crippen LogP contribution is -2.08. The van der Waals surface area contributed by atoms with Crippen LogP contribution in [0.3, 0.4) is 0 Å². The zero-order chi connectivity index (χ0) is 17.5. The van der Waals surface area contributed by atoms with E-state index in [1.807, 2.05) is 31.2 Å². The molecule has 2 aromatic rings. The normalized spacial score (nSPS) is 12.7. The molecule has 2 rings (SSSR count). The highest BCUT2D eigenvalue weighted by molar-refractivity contribution is 9.10. The molecule has 126 valence electrons. The molecule has 0 aliphatic heterocycles. The zero-order valence-electron chi connectivity index (χ0n) is 12.9. The molecular weight excluding hydrogens is 472 g/mol. The van der Waals surface area contributed by atoms with Gasteiger partial charge in [0.25, 0.3) is 0 Å². The van der Waals surface area contributed by atoms with Crippen LogP contribution in [0.2, 0.25) is 0 Å². The van der Waals surface area contributed by atoms with Gasteiger partial charge in [0, 0.05) is 24.8 Å². The van der Waals surface area contributed by atoms with E-state index in [0.29, 0.717) is 0 Å². The van der Waals surface area contributed by atoms with Crippen LogP contribution in [0.1, 0.15) is 6.92 Å². The summed E-state index contributed by atoms with van der Waals surface area (Å²) in [6, 6.07) is 16.3. The fraction of sp³-hybridized carbons (Fsp3) is 0.167. The van der Waals surface area contributed by atoms with Crippen molar-refractivity contribution in [2.75, 3.05) is 0 Å². The van der Waals surface area contributed by atoms with Gasteiger partial charge in [-0.15, -0.1) is 23.5 Å². The molecule has 2 aromatic carbocycles. The number of hydrogen-bond acceptors (Lipinski definition) is 3. The van der Waals surface area contributed by atoms with Crippen molar-refractivity contribution in [2.24, 2.45) is 5.92 Å². The van der Waals surface area contributed by atoms with Gasteiger partial charge in [0.05, 0.1) is 4.58 Å². The Labute approximate surface area is 167 Å². The first-order valence-electron chi connectivity index (χ1n) is 7.19. The van der Waals surface area contributed by atoms with Crippen LogP contribution >= 0.6 is 55.4 Å². The summed E-state index contributed by atoms with van der Waals surface area (Å²) >= 11 is 10.5. The van der Waals surface area contributed by atoms with Gasteiger partial charge < -0.3 is 5.11 Å². The summed E-state index contributed by atoms with van der Waals surface area (Å²) in [5, 5.41) is 8.88. The zero-order valence-corrected chi connectivity index (χ0v) is 17.7. The van der Waals surface area contributed by atoms with Gasteiger partial charge in [-0.2, -0.15) is 0 Å². The average molecular weight is 488 g/mol. The number of allylic oxidation sites excluding steroid dienone is 1. The van der Waals surface area contributed by atoms with Crippen molar-refractivity contribution >= 4 is 61.4 Å². The van der Waals surface area contributed by atoms with E-state index in [1.54, 1.807) is 29.6 Å². The lowest BCUT2D eigenvalue weighted by atomic mass is 10.2. The van der Waals surface area contributed by atoms with Crippen molar-refractivity contribution in [3.63, 3.8) is 0 Å². The lowest BCUT2D eigenvalue weighted by molar-refractivity contribution is -0.131. The Morgan fingerprint density at radius 2 is 1.54 bits per heavy atom. The minimum absolute atomic E-state index is 0.0917. The predicted molar refractivity (Wildman–Crippen MR) is 110 cm³/mol. The molecule has 0 heterocycles. The van der Waals surface area contributed by atoms with Crippen molar-refractivity contribution in [3.05, 3.63) is 69.6 Å². The number of benzene rings is 2. The quantitative estimate of drug-likeness (QED) is 0.268. The average Bonchev–Trinajstić information content (AvgIpc) is 2.52. The number of hydrogen-bond donors (Lipinski definition) is 1. The molecule has 0 aliphatic rings. The Morgan fingerprint density at radius 1 is 1.04 bits per heavy atom. The third-order valence-corrected chi connectivity index (χ3v) is 7.01. The van der Waals surface area contributed by atoms with Crippen molar-refractivity contribution in [1.29, 1.82) is 0 Å². The molecule has 0 radical (unpaired) electrons. The summed E-state index contributed by atoms with van der Waals surface area (Å²) in [6.07, 6.45) is 2.98. The molecular formula is C18H16Br2O2S2. The van der Waals surface area contributed by atoms with E-state index in [2.05, 4.69) is 56.1 Å². The van der Waals surface area contributed by atoms with Crippen LogP contribution < -0.4 is 0 Å². The van der Waals surface area contributed by atoms with Gasteiger partial charge in [-0.05, 0) is 42.3 Å². The van der Waals surface area contributed by atoms with Crippen LogP contribution in [-0.4, -0.2) is 15.7 Å². The monoisotopic (exact) mass is 486 g/mol. The van der Waals surface area contributed by atoms with E-state index in [-0.39, 0.29) is 10.5 Å². The number of carboxylic acids is 1. The Kier molecular flexibility index (Phi) is 7.94. The van der Waals surface area contributed by atoms with Crippen LogP contribution in [0.5, 0.6) is 0 Å². The molecule has 2 nitrogen and oxygen atoms in total. The maximum Gasteiger partial charge on any atom is 0.327 e. The van der Waals surface area contributed by atoms with E-state index in [0.717, 1.165) is 18.7 Å². The minimum Gasteiger partial charge on any atom is -0.478 e. The highest BCUT2D eigenvalue weighted by atomic mass is 79.9. The van der Waals surface area contributed by atoms with Crippen molar-refractivity contribution in [1.82, 2.24) is 0 Å². The second-order valence-corrected chi connectivity index (χ2v) is 9.64. The van der Waals surface area contributed by atoms with E-state index < -0.39 is 5.97 Å². The first kappa shape index (κ1) is 19.6. The fourth-order valence-corrected chi connectivity index (χ4v) is 5.72. The maximum atomic E-state index is 10.8. The van der Waals surface area contributed by atoms with Crippen molar-refractivity contribution in [3.8, 4) is 0 Å². The van der Waals surface area contributed by atoms with Gasteiger partial charge in [-0.1, -0.05) is 57.0 Å². The molecule has 0 aromatic heterocycles. The van der Waals surface area contributed by atoms with Gasteiger partial charge in [0.2, 0.25) is 0 Å². The molecule has 6 heteroatoms. The second-order valence-electron chi connectivity index (χ2n) is 5.08. The summed E-state index contributed by atoms with van der Waals surface area (Å²) in [6.45, 7) is 2.04. The minimum atomic E-state index is -0.916. The smallest absolute Gasteiger partial charge is 0.327 e. The van der Waals surface area contributed by atoms with Gasteiger partial charge in [0.1, 0.15) is 0 Å². The summed E-state index contributed by atoms with van der Waals surface area (Å²) in [7, 11) is 0. The van der Waals surface area contributed by atoms with E-state index >= 15 is 0 Å². The number of carboxylic acid groups (broad SMARTS) is 1. The Bertz CT molecular complexity index is 687. The molecule has 24 heavy (non-hydrogen) atoms. The number of rotatable bonds is 7. The molecule has 1 N–H and O–H groups in total. The molecule has 1 atom stereocenters. The van der Waals surface area contributed by atoms with Gasteiger partial charge in [-0.3, -0.25) is 0 Å². The van der Waals surface area contributed by atoms with Crippen LogP contribution in [-0.2, 0) is 4.79 Å². The van der Waals surface area contributed by atoms with Crippen molar-refractivity contribution in [2.45, 2.75) is 21.3 Å². The fourth-order valence-electron chi connectivity index (χ4n) is 1.91. The molecule has 0 aliphatic carbocycles. The standard InChI is InChI=1S/C18H16Br2O2S2/c1-12(8-9-17(21)22)18(23-15-6-2-4-13(19)10-15)24-16-7-3-5-14(20)11-16/h2-12,18H,1H3,(H,21,22). The van der Waals surface area contributed by atoms with Crippen LogP contribution in [0.25, 0.3) is 0 Å². The molecule has 1 unspecified atom stereocenters. The van der Waals surface area contributed by atoms with Crippen LogP contribution in [0.15, 0.2) is 79.4 Å². The third kappa shape index (κ3) is 6.67. The molecule has 0 saturated carbocycles. The summed E-state index contributed by atoms with van der Waals surface area (Å²) in [4.78, 5) is 13.1. The third-order valence-electron chi connectivity index (χ3n) is 3.07. The molecule has 0 bridgehead atoms. The van der Waals surface area contributed by atoms with E-state index in [4.69, 9.17) is 5.11 Å². The first-order chi connectivity index (χ1) is 11.4. The summed E-state index contributed by atoms with van der Waals surface area (Å²) in [5.74, 6) is -0.824. The second kappa shape index (κ2) is 9.70. The highest BCUT2D eigenvalue weighted by Crippen LogP contribution is 2.41. The number of carbonyl (C=O) groups is 1. The van der Waals surface area contributed by atoms with Gasteiger partial charge in [0.15, 0.2) is 0 Å². The Morgan fingerprint density at radius 3 is 1.96 bits per heavy atom. The summed E-state index contributed by atoms with van der Waals surface area (Å²) < 4.78 is 2.23.